The molecule has 4 nitrogen and oxygen atoms in total. The molecule has 2 rings (SSSR count). The minimum absolute atomic E-state index is 0.271. The summed E-state index contributed by atoms with van der Waals surface area (Å²) in [7, 11) is 0. The summed E-state index contributed by atoms with van der Waals surface area (Å²) < 4.78 is 0. The molecule has 1 amide bonds. The van der Waals surface area contributed by atoms with Crippen LogP contribution in [0.25, 0.3) is 0 Å². The summed E-state index contributed by atoms with van der Waals surface area (Å²) in [5.74, 6) is -0.271. The normalized spacial score (nSPS) is 9.35. The van der Waals surface area contributed by atoms with Gasteiger partial charge < -0.3 is 5.32 Å². The van der Waals surface area contributed by atoms with Crippen molar-refractivity contribution in [1.82, 2.24) is 0 Å². The topological polar surface area (TPSA) is 76.7 Å². The van der Waals surface area contributed by atoms with Crippen LogP contribution in [0.3, 0.4) is 0 Å². The first-order valence-electron chi connectivity index (χ1n) is 5.96. The highest BCUT2D eigenvalue weighted by Crippen LogP contribution is 2.17. The molecule has 0 bridgehead atoms. The van der Waals surface area contributed by atoms with Crippen LogP contribution in [0.2, 0.25) is 0 Å². The standard InChI is InChI=1S/C16H11N3O/c1-11-2-3-13(10-18)8-15(11)19-16(20)14-6-4-12(9-17)5-7-14/h2-8H,1H3,(H,19,20). The number of amides is 1. The van der Waals surface area contributed by atoms with E-state index >= 15 is 0 Å². The highest BCUT2D eigenvalue weighted by molar-refractivity contribution is 6.04. The van der Waals surface area contributed by atoms with E-state index < -0.39 is 0 Å². The van der Waals surface area contributed by atoms with E-state index in [1.807, 2.05) is 19.1 Å². The van der Waals surface area contributed by atoms with Crippen molar-refractivity contribution in [1.29, 1.82) is 10.5 Å². The maximum atomic E-state index is 12.1. The number of anilines is 1. The number of aryl methyl sites for hydroxylation is 1. The lowest BCUT2D eigenvalue weighted by atomic mass is 10.1. The van der Waals surface area contributed by atoms with Crippen molar-refractivity contribution in [2.45, 2.75) is 6.92 Å². The average Bonchev–Trinajstić information content (AvgIpc) is 2.49. The van der Waals surface area contributed by atoms with Gasteiger partial charge in [-0.2, -0.15) is 10.5 Å². The summed E-state index contributed by atoms with van der Waals surface area (Å²) in [6.07, 6.45) is 0. The lowest BCUT2D eigenvalue weighted by Gasteiger charge is -2.08. The van der Waals surface area contributed by atoms with Crippen LogP contribution in [0.15, 0.2) is 42.5 Å². The molecule has 2 aromatic rings. The molecular formula is C16H11N3O. The second-order valence-corrected chi connectivity index (χ2v) is 4.28. The van der Waals surface area contributed by atoms with E-state index in [0.29, 0.717) is 22.4 Å². The molecule has 0 unspecified atom stereocenters. The van der Waals surface area contributed by atoms with Gasteiger partial charge in [0.15, 0.2) is 0 Å². The van der Waals surface area contributed by atoms with Gasteiger partial charge in [0.05, 0.1) is 23.3 Å². The SMILES string of the molecule is Cc1ccc(C#N)cc1NC(=O)c1ccc(C#N)cc1. The van der Waals surface area contributed by atoms with Crippen LogP contribution in [-0.4, -0.2) is 5.91 Å². The predicted molar refractivity (Wildman–Crippen MR) is 75.0 cm³/mol. The third-order valence-corrected chi connectivity index (χ3v) is 2.89. The van der Waals surface area contributed by atoms with Gasteiger partial charge in [0, 0.05) is 11.3 Å². The molecule has 0 saturated carbocycles. The Labute approximate surface area is 116 Å². The third kappa shape index (κ3) is 2.82. The van der Waals surface area contributed by atoms with Crippen molar-refractivity contribution in [3.63, 3.8) is 0 Å². The molecule has 0 heterocycles. The third-order valence-electron chi connectivity index (χ3n) is 2.89. The molecule has 1 N–H and O–H groups in total. The molecule has 0 aliphatic rings. The van der Waals surface area contributed by atoms with E-state index in [-0.39, 0.29) is 5.91 Å². The summed E-state index contributed by atoms with van der Waals surface area (Å²) >= 11 is 0. The minimum atomic E-state index is -0.271. The van der Waals surface area contributed by atoms with Crippen LogP contribution < -0.4 is 5.32 Å². The summed E-state index contributed by atoms with van der Waals surface area (Å²) in [5, 5.41) is 20.3. The number of hydrogen-bond donors (Lipinski definition) is 1. The first kappa shape index (κ1) is 13.3. The fourth-order valence-corrected chi connectivity index (χ4v) is 1.72. The number of carbonyl (C=O) groups is 1. The van der Waals surface area contributed by atoms with Gasteiger partial charge in [-0.25, -0.2) is 0 Å². The number of benzene rings is 2. The van der Waals surface area contributed by atoms with E-state index in [2.05, 4.69) is 5.32 Å². The Morgan fingerprint density at radius 3 is 2.20 bits per heavy atom. The molecule has 0 aromatic heterocycles. The lowest BCUT2D eigenvalue weighted by Crippen LogP contribution is -2.12. The minimum Gasteiger partial charge on any atom is -0.322 e. The molecule has 96 valence electrons. The Morgan fingerprint density at radius 2 is 1.60 bits per heavy atom. The van der Waals surface area contributed by atoms with Crippen LogP contribution in [0.5, 0.6) is 0 Å². The maximum absolute atomic E-state index is 12.1. The largest absolute Gasteiger partial charge is 0.322 e. The smallest absolute Gasteiger partial charge is 0.255 e. The van der Waals surface area contributed by atoms with E-state index in [0.717, 1.165) is 5.56 Å². The van der Waals surface area contributed by atoms with Crippen molar-refractivity contribution in [3.8, 4) is 12.1 Å². The first-order valence-corrected chi connectivity index (χ1v) is 5.96. The summed E-state index contributed by atoms with van der Waals surface area (Å²) in [5.41, 5.74) is 2.95. The molecule has 20 heavy (non-hydrogen) atoms. The van der Waals surface area contributed by atoms with Gasteiger partial charge in [-0.05, 0) is 48.9 Å². The van der Waals surface area contributed by atoms with E-state index in [9.17, 15) is 4.79 Å². The van der Waals surface area contributed by atoms with Crippen LogP contribution in [0.1, 0.15) is 27.0 Å². The highest BCUT2D eigenvalue weighted by Gasteiger charge is 2.08. The van der Waals surface area contributed by atoms with Crippen molar-refractivity contribution in [3.05, 3.63) is 64.7 Å². The number of nitrogens with zero attached hydrogens (tertiary/aromatic N) is 2. The fraction of sp³-hybridized carbons (Fsp3) is 0.0625. The van der Waals surface area contributed by atoms with Crippen molar-refractivity contribution in [2.75, 3.05) is 5.32 Å². The maximum Gasteiger partial charge on any atom is 0.255 e. The van der Waals surface area contributed by atoms with Gasteiger partial charge in [0.1, 0.15) is 0 Å². The van der Waals surface area contributed by atoms with Gasteiger partial charge >= 0.3 is 0 Å². The van der Waals surface area contributed by atoms with E-state index in [4.69, 9.17) is 10.5 Å². The Morgan fingerprint density at radius 1 is 1.00 bits per heavy atom. The van der Waals surface area contributed by atoms with Crippen LogP contribution in [0.4, 0.5) is 5.69 Å². The fourth-order valence-electron chi connectivity index (χ4n) is 1.72. The highest BCUT2D eigenvalue weighted by atomic mass is 16.1. The molecule has 0 aliphatic carbocycles. The zero-order chi connectivity index (χ0) is 14.5. The number of hydrogen-bond acceptors (Lipinski definition) is 3. The molecule has 0 radical (unpaired) electrons. The Kier molecular flexibility index (Phi) is 3.79. The molecule has 0 spiro atoms. The Hall–Kier alpha value is -3.11. The van der Waals surface area contributed by atoms with Crippen LogP contribution >= 0.6 is 0 Å². The van der Waals surface area contributed by atoms with Gasteiger partial charge in [0.2, 0.25) is 0 Å². The molecule has 0 saturated heterocycles. The zero-order valence-corrected chi connectivity index (χ0v) is 10.8. The van der Waals surface area contributed by atoms with Gasteiger partial charge in [-0.1, -0.05) is 6.07 Å². The van der Waals surface area contributed by atoms with Gasteiger partial charge in [-0.3, -0.25) is 4.79 Å². The molecule has 2 aromatic carbocycles. The zero-order valence-electron chi connectivity index (χ0n) is 10.8. The monoisotopic (exact) mass is 261 g/mol. The Balaban J connectivity index is 2.23. The van der Waals surface area contributed by atoms with Crippen LogP contribution in [-0.2, 0) is 0 Å². The van der Waals surface area contributed by atoms with Crippen molar-refractivity contribution >= 4 is 11.6 Å². The van der Waals surface area contributed by atoms with Crippen molar-refractivity contribution in [2.24, 2.45) is 0 Å². The van der Waals surface area contributed by atoms with Gasteiger partial charge in [0.25, 0.3) is 5.91 Å². The van der Waals surface area contributed by atoms with E-state index in [1.165, 1.54) is 0 Å². The first-order chi connectivity index (χ1) is 9.63. The molecule has 0 aliphatic heterocycles. The molecule has 0 fully saturated rings. The lowest BCUT2D eigenvalue weighted by molar-refractivity contribution is 0.102. The second kappa shape index (κ2) is 5.69. The van der Waals surface area contributed by atoms with Crippen molar-refractivity contribution < 1.29 is 4.79 Å². The number of rotatable bonds is 2. The van der Waals surface area contributed by atoms with Crippen LogP contribution in [0, 0.1) is 29.6 Å². The summed E-state index contributed by atoms with van der Waals surface area (Å²) in [4.78, 5) is 12.1. The molecule has 0 atom stereocenters. The Bertz CT molecular complexity index is 734. The predicted octanol–water partition coefficient (Wildman–Crippen LogP) is 2.99. The molecular weight excluding hydrogens is 250 g/mol. The van der Waals surface area contributed by atoms with E-state index in [1.54, 1.807) is 42.5 Å². The second-order valence-electron chi connectivity index (χ2n) is 4.28. The quantitative estimate of drug-likeness (QED) is 0.902. The number of carbonyl (C=O) groups excluding carboxylic acids is 1. The summed E-state index contributed by atoms with van der Waals surface area (Å²) in [6.45, 7) is 1.86. The molecule has 4 heteroatoms. The average molecular weight is 261 g/mol. The number of nitrogens with one attached hydrogen (secondary N) is 1. The number of nitriles is 2. The summed E-state index contributed by atoms with van der Waals surface area (Å²) in [6, 6.07) is 15.5. The van der Waals surface area contributed by atoms with Gasteiger partial charge in [-0.15, -0.1) is 0 Å².